The molecule has 34 heavy (non-hydrogen) atoms. The summed E-state index contributed by atoms with van der Waals surface area (Å²) in [6.07, 6.45) is 1.56. The summed E-state index contributed by atoms with van der Waals surface area (Å²) in [4.78, 5) is 53.6. The molecule has 4 rings (SSSR count). The predicted molar refractivity (Wildman–Crippen MR) is 127 cm³/mol. The minimum atomic E-state index is -1.08. The number of hydrogen-bond acceptors (Lipinski definition) is 7. The zero-order chi connectivity index (χ0) is 24.1. The second kappa shape index (κ2) is 10.4. The fraction of sp³-hybridized carbons (Fsp3) is 0.250. The average molecular weight is 482 g/mol. The number of ether oxygens (including phenoxy) is 1. The van der Waals surface area contributed by atoms with Gasteiger partial charge in [0.15, 0.2) is 6.61 Å². The fourth-order valence-electron chi connectivity index (χ4n) is 3.68. The molecule has 0 spiro atoms. The van der Waals surface area contributed by atoms with Crippen molar-refractivity contribution in [3.05, 3.63) is 65.1 Å². The van der Waals surface area contributed by atoms with E-state index in [9.17, 15) is 19.2 Å². The Labute approximate surface area is 200 Å². The van der Waals surface area contributed by atoms with Gasteiger partial charge in [0.25, 0.3) is 11.1 Å². The van der Waals surface area contributed by atoms with Gasteiger partial charge in [0.05, 0.1) is 4.91 Å². The molecule has 0 bridgehead atoms. The molecule has 2 heterocycles. The fourth-order valence-corrected chi connectivity index (χ4v) is 4.52. The Morgan fingerprint density at radius 2 is 1.65 bits per heavy atom. The van der Waals surface area contributed by atoms with Crippen LogP contribution < -0.4 is 9.64 Å². The van der Waals surface area contributed by atoms with Gasteiger partial charge in [-0.3, -0.25) is 19.3 Å². The van der Waals surface area contributed by atoms with Gasteiger partial charge in [-0.2, -0.15) is 0 Å². The molecule has 0 atom stereocenters. The highest BCUT2D eigenvalue weighted by Crippen LogP contribution is 2.32. The van der Waals surface area contributed by atoms with Crippen molar-refractivity contribution in [2.24, 2.45) is 0 Å². The Kier molecular flexibility index (Phi) is 7.17. The van der Waals surface area contributed by atoms with Crippen LogP contribution in [0.4, 0.5) is 10.5 Å². The van der Waals surface area contributed by atoms with Crippen molar-refractivity contribution in [2.45, 2.75) is 0 Å². The van der Waals surface area contributed by atoms with Crippen molar-refractivity contribution in [1.82, 2.24) is 9.80 Å². The molecule has 0 saturated carbocycles. The maximum Gasteiger partial charge on any atom is 0.341 e. The molecular formula is C24H23N3O6S. The van der Waals surface area contributed by atoms with Crippen molar-refractivity contribution >= 4 is 46.5 Å². The topological polar surface area (TPSA) is 107 Å². The van der Waals surface area contributed by atoms with Crippen molar-refractivity contribution in [2.75, 3.05) is 44.2 Å². The summed E-state index contributed by atoms with van der Waals surface area (Å²) >= 11 is 0.792. The van der Waals surface area contributed by atoms with E-state index in [1.165, 1.54) is 0 Å². The number of nitrogens with zero attached hydrogens (tertiary/aromatic N) is 3. The standard InChI is InChI=1S/C24H23N3O6S/c28-21(26-12-10-25(11-13-26)18-4-2-1-3-5-18)15-27-23(31)20(34-24(27)32)14-17-6-8-19(9-7-17)33-16-22(29)30/h1-9,14H,10-13,15-16H2,(H,29,30)/b20-14+. The lowest BCUT2D eigenvalue weighted by Gasteiger charge is -2.36. The predicted octanol–water partition coefficient (Wildman–Crippen LogP) is 2.54. The Hall–Kier alpha value is -3.79. The number of carbonyl (C=O) groups is 4. The summed E-state index contributed by atoms with van der Waals surface area (Å²) in [6.45, 7) is 1.68. The molecule has 2 aromatic carbocycles. The third-order valence-electron chi connectivity index (χ3n) is 5.46. The van der Waals surface area contributed by atoms with Crippen LogP contribution in [0, 0.1) is 0 Å². The summed E-state index contributed by atoms with van der Waals surface area (Å²) in [7, 11) is 0. The maximum absolute atomic E-state index is 12.8. The Balaban J connectivity index is 1.33. The van der Waals surface area contributed by atoms with Gasteiger partial charge in [-0.25, -0.2) is 4.79 Å². The monoisotopic (exact) mass is 481 g/mol. The largest absolute Gasteiger partial charge is 0.482 e. The summed E-state index contributed by atoms with van der Waals surface area (Å²) in [5.74, 6) is -1.45. The first-order chi connectivity index (χ1) is 16.4. The molecule has 176 valence electrons. The van der Waals surface area contributed by atoms with E-state index in [-0.39, 0.29) is 17.4 Å². The van der Waals surface area contributed by atoms with Crippen LogP contribution in [0.25, 0.3) is 6.08 Å². The van der Waals surface area contributed by atoms with Crippen molar-refractivity contribution < 1.29 is 29.0 Å². The van der Waals surface area contributed by atoms with Gasteiger partial charge < -0.3 is 19.6 Å². The lowest BCUT2D eigenvalue weighted by molar-refractivity contribution is -0.139. The average Bonchev–Trinajstić information content (AvgIpc) is 3.11. The summed E-state index contributed by atoms with van der Waals surface area (Å²) in [5, 5.41) is 8.18. The SMILES string of the molecule is O=C(O)COc1ccc(/C=C2/SC(=O)N(CC(=O)N3CCN(c4ccccc4)CC3)C2=O)cc1. The first-order valence-corrected chi connectivity index (χ1v) is 11.5. The zero-order valence-electron chi connectivity index (χ0n) is 18.3. The molecule has 2 saturated heterocycles. The van der Waals surface area contributed by atoms with Crippen LogP contribution in [0.15, 0.2) is 59.5 Å². The lowest BCUT2D eigenvalue weighted by Crippen LogP contribution is -2.51. The van der Waals surface area contributed by atoms with E-state index in [0.29, 0.717) is 37.5 Å². The smallest absolute Gasteiger partial charge is 0.341 e. The molecule has 2 fully saturated rings. The second-order valence-electron chi connectivity index (χ2n) is 7.72. The van der Waals surface area contributed by atoms with Crippen LogP contribution >= 0.6 is 11.8 Å². The first-order valence-electron chi connectivity index (χ1n) is 10.7. The van der Waals surface area contributed by atoms with Gasteiger partial charge in [0.1, 0.15) is 12.3 Å². The van der Waals surface area contributed by atoms with E-state index in [0.717, 1.165) is 22.3 Å². The number of amides is 3. The third kappa shape index (κ3) is 5.57. The molecule has 2 aliphatic rings. The molecule has 2 aliphatic heterocycles. The van der Waals surface area contributed by atoms with E-state index in [4.69, 9.17) is 9.84 Å². The van der Waals surface area contributed by atoms with E-state index >= 15 is 0 Å². The second-order valence-corrected chi connectivity index (χ2v) is 8.72. The Bertz CT molecular complexity index is 1110. The van der Waals surface area contributed by atoms with E-state index in [2.05, 4.69) is 4.90 Å². The molecule has 0 radical (unpaired) electrons. The van der Waals surface area contributed by atoms with Crippen molar-refractivity contribution in [1.29, 1.82) is 0 Å². The highest BCUT2D eigenvalue weighted by Gasteiger charge is 2.37. The van der Waals surface area contributed by atoms with Crippen LogP contribution in [0.3, 0.4) is 0 Å². The van der Waals surface area contributed by atoms with Gasteiger partial charge in [-0.1, -0.05) is 30.3 Å². The first kappa shape index (κ1) is 23.4. The molecule has 1 N–H and O–H groups in total. The normalized spacial score (nSPS) is 17.4. The molecule has 9 nitrogen and oxygen atoms in total. The number of rotatable bonds is 7. The third-order valence-corrected chi connectivity index (χ3v) is 6.37. The molecule has 0 aromatic heterocycles. The van der Waals surface area contributed by atoms with Gasteiger partial charge >= 0.3 is 5.97 Å². The lowest BCUT2D eigenvalue weighted by atomic mass is 10.2. The summed E-state index contributed by atoms with van der Waals surface area (Å²) in [5.41, 5.74) is 1.75. The van der Waals surface area contributed by atoms with Crippen molar-refractivity contribution in [3.8, 4) is 5.75 Å². The summed E-state index contributed by atoms with van der Waals surface area (Å²) < 4.78 is 5.08. The molecule has 10 heteroatoms. The number of carboxylic acid groups (broad SMARTS) is 1. The van der Waals surface area contributed by atoms with Crippen LogP contribution in [0.2, 0.25) is 0 Å². The van der Waals surface area contributed by atoms with Crippen LogP contribution in [0.1, 0.15) is 5.56 Å². The van der Waals surface area contributed by atoms with Crippen LogP contribution in [-0.2, 0) is 14.4 Å². The zero-order valence-corrected chi connectivity index (χ0v) is 19.1. The molecule has 0 unspecified atom stereocenters. The number of para-hydroxylation sites is 1. The van der Waals surface area contributed by atoms with Gasteiger partial charge in [-0.15, -0.1) is 0 Å². The number of benzene rings is 2. The van der Waals surface area contributed by atoms with Crippen LogP contribution in [-0.4, -0.2) is 77.3 Å². The Morgan fingerprint density at radius 3 is 2.29 bits per heavy atom. The van der Waals surface area contributed by atoms with Gasteiger partial charge in [0.2, 0.25) is 5.91 Å². The number of carboxylic acids is 1. The number of thioether (sulfide) groups is 1. The number of imide groups is 1. The van der Waals surface area contributed by atoms with E-state index < -0.39 is 23.7 Å². The molecule has 2 aromatic rings. The highest BCUT2D eigenvalue weighted by atomic mass is 32.2. The minimum Gasteiger partial charge on any atom is -0.482 e. The van der Waals surface area contributed by atoms with E-state index in [1.807, 2.05) is 30.3 Å². The maximum atomic E-state index is 12.8. The molecule has 0 aliphatic carbocycles. The summed E-state index contributed by atoms with van der Waals surface area (Å²) in [6, 6.07) is 16.4. The van der Waals surface area contributed by atoms with Crippen LogP contribution in [0.5, 0.6) is 5.75 Å². The van der Waals surface area contributed by atoms with E-state index in [1.54, 1.807) is 35.2 Å². The number of anilines is 1. The molecule has 3 amide bonds. The number of piperazine rings is 1. The molecular weight excluding hydrogens is 458 g/mol. The van der Waals surface area contributed by atoms with Gasteiger partial charge in [0, 0.05) is 31.9 Å². The number of hydrogen-bond donors (Lipinski definition) is 1. The minimum absolute atomic E-state index is 0.228. The van der Waals surface area contributed by atoms with Crippen molar-refractivity contribution in [3.63, 3.8) is 0 Å². The van der Waals surface area contributed by atoms with Gasteiger partial charge in [-0.05, 0) is 47.7 Å². The number of aliphatic carboxylic acids is 1. The quantitative estimate of drug-likeness (QED) is 0.602. The highest BCUT2D eigenvalue weighted by molar-refractivity contribution is 8.18. The number of carbonyl (C=O) groups excluding carboxylic acids is 3. The Morgan fingerprint density at radius 1 is 0.971 bits per heavy atom.